The van der Waals surface area contributed by atoms with Crippen LogP contribution in [-0.4, -0.2) is 15.2 Å². The van der Waals surface area contributed by atoms with Crippen LogP contribution in [0.15, 0.2) is 10.7 Å². The summed E-state index contributed by atoms with van der Waals surface area (Å²) in [5, 5.41) is 7.33. The minimum absolute atomic E-state index is 0.369. The van der Waals surface area contributed by atoms with Gasteiger partial charge < -0.3 is 0 Å². The highest BCUT2D eigenvalue weighted by atomic mass is 79.9. The number of fused-ring (bicyclic) bond motifs is 1. The van der Waals surface area contributed by atoms with Crippen molar-refractivity contribution >= 4 is 27.0 Å². The van der Waals surface area contributed by atoms with Gasteiger partial charge in [0.2, 0.25) is 0 Å². The Bertz CT molecular complexity index is 437. The largest absolute Gasteiger partial charge is 0.280 e. The maximum absolute atomic E-state index is 13.0. The smallest absolute Gasteiger partial charge is 0.182 e. The molecule has 0 aromatic carbocycles. The molecule has 2 heterocycles. The lowest BCUT2D eigenvalue weighted by Gasteiger charge is -1.94. The summed E-state index contributed by atoms with van der Waals surface area (Å²) in [6.07, 6.45) is 1.15. The second-order valence-electron chi connectivity index (χ2n) is 2.47. The third kappa shape index (κ3) is 0.929. The SMILES string of the molecule is Cc1[nH]nc2ncc(F)c(Br)c12. The molecule has 3 nitrogen and oxygen atoms in total. The monoisotopic (exact) mass is 229 g/mol. The lowest BCUT2D eigenvalue weighted by atomic mass is 10.3. The molecule has 0 radical (unpaired) electrons. The van der Waals surface area contributed by atoms with E-state index in [0.717, 1.165) is 11.9 Å². The molecule has 0 bridgehead atoms. The zero-order chi connectivity index (χ0) is 8.72. The predicted octanol–water partition coefficient (Wildman–Crippen LogP) is 2.17. The summed E-state index contributed by atoms with van der Waals surface area (Å²) in [5.41, 5.74) is 1.34. The van der Waals surface area contributed by atoms with Crippen molar-refractivity contribution in [3.63, 3.8) is 0 Å². The van der Waals surface area contributed by atoms with Crippen LogP contribution in [0.25, 0.3) is 11.0 Å². The Morgan fingerprint density at radius 3 is 3.08 bits per heavy atom. The number of aromatic amines is 1. The Labute approximate surface area is 76.1 Å². The fourth-order valence-corrected chi connectivity index (χ4v) is 1.64. The summed E-state index contributed by atoms with van der Waals surface area (Å²) in [6.45, 7) is 1.82. The number of pyridine rings is 1. The van der Waals surface area contributed by atoms with E-state index in [-0.39, 0.29) is 5.82 Å². The average Bonchev–Trinajstić information content (AvgIpc) is 2.41. The molecule has 5 heteroatoms. The van der Waals surface area contributed by atoms with Crippen molar-refractivity contribution in [1.82, 2.24) is 15.2 Å². The van der Waals surface area contributed by atoms with Crippen molar-refractivity contribution in [2.75, 3.05) is 0 Å². The lowest BCUT2D eigenvalue weighted by molar-refractivity contribution is 0.617. The average molecular weight is 230 g/mol. The van der Waals surface area contributed by atoms with Gasteiger partial charge in [0, 0.05) is 5.69 Å². The first-order valence-corrected chi connectivity index (χ1v) is 4.14. The Balaban J connectivity index is 2.96. The van der Waals surface area contributed by atoms with Gasteiger partial charge in [-0.25, -0.2) is 9.37 Å². The van der Waals surface area contributed by atoms with Crippen molar-refractivity contribution in [2.45, 2.75) is 6.92 Å². The van der Waals surface area contributed by atoms with Crippen molar-refractivity contribution in [1.29, 1.82) is 0 Å². The van der Waals surface area contributed by atoms with Gasteiger partial charge in [0.25, 0.3) is 0 Å². The number of aryl methyl sites for hydroxylation is 1. The standard InChI is InChI=1S/C7H5BrFN3/c1-3-5-6(8)4(9)2-10-7(5)12-11-3/h2H,1H3,(H,10,11,12). The number of aromatic nitrogens is 3. The van der Waals surface area contributed by atoms with Crippen LogP contribution < -0.4 is 0 Å². The Morgan fingerprint density at radius 2 is 2.33 bits per heavy atom. The number of nitrogens with one attached hydrogen (secondary N) is 1. The van der Waals surface area contributed by atoms with Gasteiger partial charge in [-0.3, -0.25) is 5.10 Å². The first kappa shape index (κ1) is 7.67. The van der Waals surface area contributed by atoms with Gasteiger partial charge in [-0.15, -0.1) is 0 Å². The topological polar surface area (TPSA) is 41.6 Å². The molecule has 62 valence electrons. The van der Waals surface area contributed by atoms with E-state index in [1.807, 2.05) is 6.92 Å². The first-order valence-electron chi connectivity index (χ1n) is 3.35. The molecule has 0 aliphatic rings. The van der Waals surface area contributed by atoms with Crippen LogP contribution in [0.2, 0.25) is 0 Å². The third-order valence-electron chi connectivity index (χ3n) is 1.66. The van der Waals surface area contributed by atoms with Gasteiger partial charge in [-0.2, -0.15) is 5.10 Å². The van der Waals surface area contributed by atoms with E-state index in [4.69, 9.17) is 0 Å². The van der Waals surface area contributed by atoms with E-state index in [0.29, 0.717) is 15.5 Å². The van der Waals surface area contributed by atoms with E-state index in [1.165, 1.54) is 0 Å². The van der Waals surface area contributed by atoms with Gasteiger partial charge in [0.05, 0.1) is 16.1 Å². The number of halogens is 2. The number of hydrogen-bond acceptors (Lipinski definition) is 2. The molecule has 12 heavy (non-hydrogen) atoms. The number of H-pyrrole nitrogens is 1. The summed E-state index contributed by atoms with van der Waals surface area (Å²) in [4.78, 5) is 3.82. The minimum atomic E-state index is -0.369. The van der Waals surface area contributed by atoms with Gasteiger partial charge >= 0.3 is 0 Å². The van der Waals surface area contributed by atoms with E-state index in [9.17, 15) is 4.39 Å². The van der Waals surface area contributed by atoms with Crippen molar-refractivity contribution in [2.24, 2.45) is 0 Å². The van der Waals surface area contributed by atoms with Gasteiger partial charge in [-0.05, 0) is 22.9 Å². The quantitative estimate of drug-likeness (QED) is 0.753. The summed E-state index contributed by atoms with van der Waals surface area (Å²) in [6, 6.07) is 0. The highest BCUT2D eigenvalue weighted by Gasteiger charge is 2.10. The lowest BCUT2D eigenvalue weighted by Crippen LogP contribution is -1.83. The second kappa shape index (κ2) is 2.52. The molecule has 1 N–H and O–H groups in total. The van der Waals surface area contributed by atoms with Crippen molar-refractivity contribution in [3.05, 3.63) is 22.2 Å². The number of nitrogens with zero attached hydrogens (tertiary/aromatic N) is 2. The van der Waals surface area contributed by atoms with Gasteiger partial charge in [0.15, 0.2) is 11.5 Å². The van der Waals surface area contributed by atoms with Crippen LogP contribution in [0.1, 0.15) is 5.69 Å². The van der Waals surface area contributed by atoms with Crippen LogP contribution in [0.4, 0.5) is 4.39 Å². The molecule has 2 aromatic heterocycles. The number of hydrogen-bond donors (Lipinski definition) is 1. The molecular weight excluding hydrogens is 225 g/mol. The molecule has 0 amide bonds. The van der Waals surface area contributed by atoms with E-state index in [1.54, 1.807) is 0 Å². The minimum Gasteiger partial charge on any atom is -0.280 e. The third-order valence-corrected chi connectivity index (χ3v) is 2.43. The van der Waals surface area contributed by atoms with E-state index in [2.05, 4.69) is 31.1 Å². The van der Waals surface area contributed by atoms with Gasteiger partial charge in [-0.1, -0.05) is 0 Å². The molecule has 2 aromatic rings. The fourth-order valence-electron chi connectivity index (χ4n) is 1.07. The maximum Gasteiger partial charge on any atom is 0.182 e. The molecule has 0 saturated heterocycles. The van der Waals surface area contributed by atoms with E-state index < -0.39 is 0 Å². The van der Waals surface area contributed by atoms with Gasteiger partial charge in [0.1, 0.15) is 0 Å². The molecule has 0 aliphatic carbocycles. The normalized spacial score (nSPS) is 10.9. The summed E-state index contributed by atoms with van der Waals surface area (Å²) in [7, 11) is 0. The molecule has 2 rings (SSSR count). The predicted molar refractivity (Wildman–Crippen MR) is 46.3 cm³/mol. The van der Waals surface area contributed by atoms with Crippen LogP contribution in [0.5, 0.6) is 0 Å². The van der Waals surface area contributed by atoms with E-state index >= 15 is 0 Å². The molecule has 0 unspecified atom stereocenters. The van der Waals surface area contributed by atoms with Crippen LogP contribution in [0.3, 0.4) is 0 Å². The molecule has 0 aliphatic heterocycles. The Kier molecular flexibility index (Phi) is 1.61. The molecule has 0 atom stereocenters. The molecule has 0 saturated carbocycles. The maximum atomic E-state index is 13.0. The highest BCUT2D eigenvalue weighted by molar-refractivity contribution is 9.10. The second-order valence-corrected chi connectivity index (χ2v) is 3.26. The zero-order valence-electron chi connectivity index (χ0n) is 6.23. The van der Waals surface area contributed by atoms with Crippen molar-refractivity contribution < 1.29 is 4.39 Å². The first-order chi connectivity index (χ1) is 5.70. The molecule has 0 spiro atoms. The van der Waals surface area contributed by atoms with Crippen LogP contribution in [0, 0.1) is 12.7 Å². The molecule has 0 fully saturated rings. The Morgan fingerprint density at radius 1 is 1.58 bits per heavy atom. The number of rotatable bonds is 0. The fraction of sp³-hybridized carbons (Fsp3) is 0.143. The Hall–Kier alpha value is -0.970. The van der Waals surface area contributed by atoms with Crippen LogP contribution in [-0.2, 0) is 0 Å². The highest BCUT2D eigenvalue weighted by Crippen LogP contribution is 2.25. The summed E-state index contributed by atoms with van der Waals surface area (Å²) < 4.78 is 13.4. The van der Waals surface area contributed by atoms with Crippen LogP contribution >= 0.6 is 15.9 Å². The van der Waals surface area contributed by atoms with Crippen molar-refractivity contribution in [3.8, 4) is 0 Å². The zero-order valence-corrected chi connectivity index (χ0v) is 7.81. The summed E-state index contributed by atoms with van der Waals surface area (Å²) in [5.74, 6) is -0.369. The summed E-state index contributed by atoms with van der Waals surface area (Å²) >= 11 is 3.14. The molecular formula is C7H5BrFN3.